The summed E-state index contributed by atoms with van der Waals surface area (Å²) in [7, 11) is 1.35. The first kappa shape index (κ1) is 12.7. The third-order valence-electron chi connectivity index (χ3n) is 2.81. The topological polar surface area (TPSA) is 80.8 Å². The lowest BCUT2D eigenvalue weighted by Crippen LogP contribution is -2.01. The van der Waals surface area contributed by atoms with E-state index in [1.54, 1.807) is 24.4 Å². The first-order valence-corrected chi connectivity index (χ1v) is 6.52. The van der Waals surface area contributed by atoms with Crippen molar-refractivity contribution in [1.82, 2.24) is 19.9 Å². The SMILES string of the molecule is COC(=O)c1ccc(-c2nc3ncncc3[nH]2)c(Br)c1. The van der Waals surface area contributed by atoms with Crippen LogP contribution in [0.5, 0.6) is 0 Å². The minimum absolute atomic E-state index is 0.382. The van der Waals surface area contributed by atoms with Crippen molar-refractivity contribution in [3.05, 3.63) is 40.8 Å². The lowest BCUT2D eigenvalue weighted by Gasteiger charge is -2.04. The molecule has 6 nitrogen and oxygen atoms in total. The van der Waals surface area contributed by atoms with Crippen LogP contribution >= 0.6 is 15.9 Å². The van der Waals surface area contributed by atoms with Crippen molar-refractivity contribution in [2.45, 2.75) is 0 Å². The van der Waals surface area contributed by atoms with Gasteiger partial charge in [-0.2, -0.15) is 0 Å². The van der Waals surface area contributed by atoms with Crippen LogP contribution in [0, 0.1) is 0 Å². The molecule has 3 aromatic rings. The average molecular weight is 333 g/mol. The van der Waals surface area contributed by atoms with Crippen LogP contribution in [0.2, 0.25) is 0 Å². The Morgan fingerprint density at radius 3 is 2.95 bits per heavy atom. The maximum absolute atomic E-state index is 11.5. The number of rotatable bonds is 2. The fraction of sp³-hybridized carbons (Fsp3) is 0.0769. The van der Waals surface area contributed by atoms with Crippen molar-refractivity contribution in [2.75, 3.05) is 7.11 Å². The van der Waals surface area contributed by atoms with Crippen molar-refractivity contribution < 1.29 is 9.53 Å². The summed E-state index contributed by atoms with van der Waals surface area (Å²) in [6.07, 6.45) is 3.11. The second-order valence-electron chi connectivity index (χ2n) is 4.03. The van der Waals surface area contributed by atoms with Crippen LogP contribution in [0.4, 0.5) is 0 Å². The summed E-state index contributed by atoms with van der Waals surface area (Å²) >= 11 is 3.43. The maximum Gasteiger partial charge on any atom is 0.337 e. The molecular formula is C13H9BrN4O2. The predicted molar refractivity (Wildman–Crippen MR) is 76.2 cm³/mol. The van der Waals surface area contributed by atoms with E-state index in [1.165, 1.54) is 13.4 Å². The summed E-state index contributed by atoms with van der Waals surface area (Å²) in [5.41, 5.74) is 2.65. The Hall–Kier alpha value is -2.28. The number of aromatic nitrogens is 4. The Morgan fingerprint density at radius 2 is 2.25 bits per heavy atom. The summed E-state index contributed by atoms with van der Waals surface area (Å²) in [6, 6.07) is 5.17. The van der Waals surface area contributed by atoms with Gasteiger partial charge in [0.2, 0.25) is 0 Å². The predicted octanol–water partition coefficient (Wildman–Crippen LogP) is 2.57. The van der Waals surface area contributed by atoms with E-state index < -0.39 is 0 Å². The number of methoxy groups -OCH3 is 1. The van der Waals surface area contributed by atoms with E-state index in [-0.39, 0.29) is 5.97 Å². The highest BCUT2D eigenvalue weighted by Crippen LogP contribution is 2.28. The van der Waals surface area contributed by atoms with Gasteiger partial charge in [-0.05, 0) is 18.2 Å². The number of ether oxygens (including phenoxy) is 1. The number of nitrogens with zero attached hydrogens (tertiary/aromatic N) is 3. The fourth-order valence-electron chi connectivity index (χ4n) is 1.84. The number of hydrogen-bond donors (Lipinski definition) is 1. The molecule has 0 aliphatic rings. The zero-order chi connectivity index (χ0) is 14.1. The standard InChI is InChI=1S/C13H9BrN4O2/c1-20-13(19)7-2-3-8(9(14)4-7)11-17-10-5-15-6-16-12(10)18-11/h2-6H,1H3,(H,15,16,17,18). The monoisotopic (exact) mass is 332 g/mol. The minimum atomic E-state index is -0.382. The molecule has 1 aromatic carbocycles. The Bertz CT molecular complexity index is 767. The highest BCUT2D eigenvalue weighted by molar-refractivity contribution is 9.10. The molecule has 0 saturated carbocycles. The molecule has 0 fully saturated rings. The molecule has 0 saturated heterocycles. The number of imidazole rings is 1. The van der Waals surface area contributed by atoms with Crippen LogP contribution in [-0.4, -0.2) is 33.0 Å². The molecular weight excluding hydrogens is 324 g/mol. The molecule has 0 spiro atoms. The average Bonchev–Trinajstić information content (AvgIpc) is 2.89. The van der Waals surface area contributed by atoms with Crippen LogP contribution in [-0.2, 0) is 4.74 Å². The van der Waals surface area contributed by atoms with Gasteiger partial charge in [0.25, 0.3) is 0 Å². The summed E-state index contributed by atoms with van der Waals surface area (Å²) in [6.45, 7) is 0. The van der Waals surface area contributed by atoms with E-state index in [1.807, 2.05) is 0 Å². The molecule has 0 aliphatic carbocycles. The number of H-pyrrole nitrogens is 1. The summed E-state index contributed by atoms with van der Waals surface area (Å²) < 4.78 is 5.43. The number of nitrogens with one attached hydrogen (secondary N) is 1. The van der Waals surface area contributed by atoms with Crippen molar-refractivity contribution >= 4 is 33.1 Å². The Kier molecular flexibility index (Phi) is 3.19. The van der Waals surface area contributed by atoms with E-state index in [9.17, 15) is 4.79 Å². The molecule has 0 atom stereocenters. The number of carbonyl (C=O) groups excluding carboxylic acids is 1. The molecule has 0 bridgehead atoms. The Labute approximate surface area is 122 Å². The van der Waals surface area contributed by atoms with Gasteiger partial charge in [-0.1, -0.05) is 15.9 Å². The number of carbonyl (C=O) groups is 1. The van der Waals surface area contributed by atoms with Crippen LogP contribution in [0.15, 0.2) is 35.2 Å². The molecule has 1 N–H and O–H groups in total. The van der Waals surface area contributed by atoms with Gasteiger partial charge in [0, 0.05) is 10.0 Å². The van der Waals surface area contributed by atoms with Gasteiger partial charge in [-0.15, -0.1) is 0 Å². The van der Waals surface area contributed by atoms with Gasteiger partial charge in [-0.3, -0.25) is 0 Å². The van der Waals surface area contributed by atoms with Gasteiger partial charge in [0.1, 0.15) is 17.7 Å². The number of fused-ring (bicyclic) bond motifs is 1. The zero-order valence-corrected chi connectivity index (χ0v) is 12.0. The second kappa shape index (κ2) is 5.01. The number of hydrogen-bond acceptors (Lipinski definition) is 5. The molecule has 0 amide bonds. The highest BCUT2D eigenvalue weighted by atomic mass is 79.9. The summed E-state index contributed by atoms with van der Waals surface area (Å²) in [5, 5.41) is 0. The molecule has 100 valence electrons. The second-order valence-corrected chi connectivity index (χ2v) is 4.89. The van der Waals surface area contributed by atoms with Crippen LogP contribution in [0.25, 0.3) is 22.6 Å². The van der Waals surface area contributed by atoms with Crippen molar-refractivity contribution in [1.29, 1.82) is 0 Å². The van der Waals surface area contributed by atoms with Crippen LogP contribution < -0.4 is 0 Å². The number of benzene rings is 1. The van der Waals surface area contributed by atoms with Gasteiger partial charge in [0.15, 0.2) is 5.65 Å². The smallest absolute Gasteiger partial charge is 0.337 e. The van der Waals surface area contributed by atoms with Crippen molar-refractivity contribution in [2.24, 2.45) is 0 Å². The van der Waals surface area contributed by atoms with E-state index in [4.69, 9.17) is 0 Å². The highest BCUT2D eigenvalue weighted by Gasteiger charge is 2.12. The van der Waals surface area contributed by atoms with Crippen molar-refractivity contribution in [3.8, 4) is 11.4 Å². The third kappa shape index (κ3) is 2.16. The minimum Gasteiger partial charge on any atom is -0.465 e. The van der Waals surface area contributed by atoms with Gasteiger partial charge < -0.3 is 9.72 Å². The first-order chi connectivity index (χ1) is 9.69. The Balaban J connectivity index is 2.07. The molecule has 3 rings (SSSR count). The normalized spacial score (nSPS) is 10.7. The molecule has 7 heteroatoms. The maximum atomic E-state index is 11.5. The molecule has 2 aromatic heterocycles. The van der Waals surface area contributed by atoms with E-state index in [0.29, 0.717) is 17.0 Å². The lowest BCUT2D eigenvalue weighted by molar-refractivity contribution is 0.0600. The van der Waals surface area contributed by atoms with E-state index >= 15 is 0 Å². The largest absolute Gasteiger partial charge is 0.465 e. The molecule has 20 heavy (non-hydrogen) atoms. The summed E-state index contributed by atoms with van der Waals surface area (Å²) in [5.74, 6) is 0.275. The van der Waals surface area contributed by atoms with Gasteiger partial charge in [-0.25, -0.2) is 19.7 Å². The molecule has 0 aliphatic heterocycles. The van der Waals surface area contributed by atoms with Crippen LogP contribution in [0.3, 0.4) is 0 Å². The van der Waals surface area contributed by atoms with Crippen LogP contribution in [0.1, 0.15) is 10.4 Å². The number of halogens is 1. The van der Waals surface area contributed by atoms with Gasteiger partial charge in [0.05, 0.1) is 18.9 Å². The number of esters is 1. The first-order valence-electron chi connectivity index (χ1n) is 5.73. The van der Waals surface area contributed by atoms with Gasteiger partial charge >= 0.3 is 5.97 Å². The third-order valence-corrected chi connectivity index (χ3v) is 3.46. The molecule has 0 unspecified atom stereocenters. The van der Waals surface area contributed by atoms with E-state index in [0.717, 1.165) is 15.6 Å². The summed E-state index contributed by atoms with van der Waals surface area (Å²) in [4.78, 5) is 27.0. The Morgan fingerprint density at radius 1 is 1.40 bits per heavy atom. The quantitative estimate of drug-likeness (QED) is 0.729. The van der Waals surface area contributed by atoms with E-state index in [2.05, 4.69) is 40.6 Å². The fourth-order valence-corrected chi connectivity index (χ4v) is 2.41. The number of aromatic amines is 1. The molecule has 2 heterocycles. The molecule has 0 radical (unpaired) electrons. The lowest BCUT2D eigenvalue weighted by atomic mass is 10.1. The zero-order valence-electron chi connectivity index (χ0n) is 10.4. The van der Waals surface area contributed by atoms with Crippen molar-refractivity contribution in [3.63, 3.8) is 0 Å².